The van der Waals surface area contributed by atoms with E-state index < -0.39 is 11.6 Å². The van der Waals surface area contributed by atoms with Crippen LogP contribution in [0, 0.1) is 0 Å². The molecule has 1 aliphatic rings. The highest BCUT2D eigenvalue weighted by molar-refractivity contribution is 6.08. The molecule has 1 aliphatic heterocycles. The molecular weight excluding hydrogens is 240 g/mol. The van der Waals surface area contributed by atoms with Crippen LogP contribution in [0.15, 0.2) is 60.7 Å². The van der Waals surface area contributed by atoms with Gasteiger partial charge in [0.1, 0.15) is 6.42 Å². The van der Waals surface area contributed by atoms with Gasteiger partial charge in [-0.2, -0.15) is 0 Å². The number of rotatable bonds is 2. The smallest absolute Gasteiger partial charge is 0.315 e. The summed E-state index contributed by atoms with van der Waals surface area (Å²) in [6.45, 7) is 0. The second kappa shape index (κ2) is 4.35. The average Bonchev–Trinajstić information content (AvgIpc) is 2.76. The van der Waals surface area contributed by atoms with E-state index in [1.807, 2.05) is 60.7 Å². The van der Waals surface area contributed by atoms with Gasteiger partial charge in [-0.1, -0.05) is 60.7 Å². The second-order valence-corrected chi connectivity index (χ2v) is 4.49. The minimum atomic E-state index is -1.28. The number of hydrogen-bond acceptors (Lipinski definition) is 3. The summed E-state index contributed by atoms with van der Waals surface area (Å²) in [4.78, 5) is 23.9. The predicted molar refractivity (Wildman–Crippen MR) is 69.4 cm³/mol. The molecule has 1 heterocycles. The van der Waals surface area contributed by atoms with E-state index >= 15 is 0 Å². The minimum Gasteiger partial charge on any atom is -0.441 e. The zero-order valence-electron chi connectivity index (χ0n) is 10.2. The summed E-state index contributed by atoms with van der Waals surface area (Å²) in [6, 6.07) is 18.3. The molecule has 0 amide bonds. The maximum atomic E-state index is 12.4. The van der Waals surface area contributed by atoms with E-state index in [1.165, 1.54) is 0 Å². The summed E-state index contributed by atoms with van der Waals surface area (Å²) in [7, 11) is 0. The van der Waals surface area contributed by atoms with Gasteiger partial charge >= 0.3 is 5.97 Å². The Labute approximate surface area is 110 Å². The Balaban J connectivity index is 2.23. The van der Waals surface area contributed by atoms with Crippen LogP contribution in [0.2, 0.25) is 0 Å². The van der Waals surface area contributed by atoms with E-state index in [9.17, 15) is 9.59 Å². The number of ether oxygens (including phenoxy) is 1. The van der Waals surface area contributed by atoms with E-state index in [0.29, 0.717) is 11.1 Å². The molecule has 3 heteroatoms. The Bertz CT molecular complexity index is 577. The van der Waals surface area contributed by atoms with Crippen molar-refractivity contribution >= 4 is 11.8 Å². The molecule has 0 spiro atoms. The van der Waals surface area contributed by atoms with E-state index in [2.05, 4.69) is 0 Å². The molecule has 0 aliphatic carbocycles. The molecule has 3 nitrogen and oxygen atoms in total. The molecule has 0 unspecified atom stereocenters. The SMILES string of the molecule is O=C1CC(=O)C(c2ccccc2)(c2ccccc2)O1. The molecule has 3 rings (SSSR count). The van der Waals surface area contributed by atoms with Crippen LogP contribution in [0.1, 0.15) is 17.5 Å². The van der Waals surface area contributed by atoms with Crippen molar-refractivity contribution in [2.75, 3.05) is 0 Å². The summed E-state index contributed by atoms with van der Waals surface area (Å²) in [5.41, 5.74) is 0.105. The molecule has 19 heavy (non-hydrogen) atoms. The lowest BCUT2D eigenvalue weighted by molar-refractivity contribution is -0.149. The van der Waals surface area contributed by atoms with Gasteiger partial charge in [-0.05, 0) is 0 Å². The van der Waals surface area contributed by atoms with Gasteiger partial charge < -0.3 is 4.74 Å². The Morgan fingerprint density at radius 3 is 1.63 bits per heavy atom. The van der Waals surface area contributed by atoms with Gasteiger partial charge in [-0.3, -0.25) is 9.59 Å². The fourth-order valence-corrected chi connectivity index (χ4v) is 2.47. The Hall–Kier alpha value is -2.42. The molecular formula is C16H12O3. The fraction of sp³-hybridized carbons (Fsp3) is 0.125. The molecule has 1 saturated heterocycles. The Morgan fingerprint density at radius 1 is 0.789 bits per heavy atom. The molecule has 0 aromatic heterocycles. The van der Waals surface area contributed by atoms with Crippen LogP contribution in [0.3, 0.4) is 0 Å². The fourth-order valence-electron chi connectivity index (χ4n) is 2.47. The Morgan fingerprint density at radius 2 is 1.26 bits per heavy atom. The summed E-state index contributed by atoms with van der Waals surface area (Å²) in [5.74, 6) is -0.687. The van der Waals surface area contributed by atoms with Gasteiger partial charge in [0.25, 0.3) is 0 Å². The van der Waals surface area contributed by atoms with Crippen LogP contribution in [-0.4, -0.2) is 11.8 Å². The molecule has 2 aromatic carbocycles. The summed E-state index contributed by atoms with van der Waals surface area (Å²) >= 11 is 0. The number of carbonyl (C=O) groups is 2. The van der Waals surface area contributed by atoms with Crippen molar-refractivity contribution in [3.05, 3.63) is 71.8 Å². The lowest BCUT2D eigenvalue weighted by Crippen LogP contribution is -2.34. The molecule has 0 bridgehead atoms. The summed E-state index contributed by atoms with van der Waals surface area (Å²) < 4.78 is 5.44. The number of benzene rings is 2. The van der Waals surface area contributed by atoms with Crippen LogP contribution in [0.25, 0.3) is 0 Å². The normalized spacial score (nSPS) is 17.3. The highest BCUT2D eigenvalue weighted by atomic mass is 16.6. The first kappa shape index (κ1) is 11.7. The first-order valence-electron chi connectivity index (χ1n) is 6.09. The van der Waals surface area contributed by atoms with Gasteiger partial charge in [0.2, 0.25) is 5.60 Å². The molecule has 0 N–H and O–H groups in total. The lowest BCUT2D eigenvalue weighted by atomic mass is 9.83. The lowest BCUT2D eigenvalue weighted by Gasteiger charge is -2.27. The average molecular weight is 252 g/mol. The number of esters is 1. The van der Waals surface area contributed by atoms with Crippen LogP contribution in [0.4, 0.5) is 0 Å². The monoisotopic (exact) mass is 252 g/mol. The van der Waals surface area contributed by atoms with Crippen molar-refractivity contribution in [1.29, 1.82) is 0 Å². The summed E-state index contributed by atoms with van der Waals surface area (Å²) in [6.07, 6.45) is -0.177. The number of cyclic esters (lactones) is 1. The van der Waals surface area contributed by atoms with E-state index in [1.54, 1.807) is 0 Å². The number of ketones is 1. The van der Waals surface area contributed by atoms with Crippen molar-refractivity contribution in [2.24, 2.45) is 0 Å². The van der Waals surface area contributed by atoms with E-state index in [0.717, 1.165) is 0 Å². The zero-order valence-corrected chi connectivity index (χ0v) is 10.2. The van der Waals surface area contributed by atoms with Crippen LogP contribution in [0.5, 0.6) is 0 Å². The van der Waals surface area contributed by atoms with Crippen molar-refractivity contribution < 1.29 is 14.3 Å². The highest BCUT2D eigenvalue weighted by Gasteiger charge is 2.51. The van der Waals surface area contributed by atoms with Crippen LogP contribution < -0.4 is 0 Å². The highest BCUT2D eigenvalue weighted by Crippen LogP contribution is 2.39. The first-order chi connectivity index (χ1) is 9.23. The van der Waals surface area contributed by atoms with E-state index in [4.69, 9.17) is 4.74 Å². The Kier molecular flexibility index (Phi) is 2.67. The molecule has 2 aromatic rings. The van der Waals surface area contributed by atoms with Crippen molar-refractivity contribution in [3.8, 4) is 0 Å². The molecule has 0 saturated carbocycles. The van der Waals surface area contributed by atoms with E-state index in [-0.39, 0.29) is 12.2 Å². The molecule has 94 valence electrons. The molecule has 0 radical (unpaired) electrons. The van der Waals surface area contributed by atoms with Crippen molar-refractivity contribution in [2.45, 2.75) is 12.0 Å². The van der Waals surface area contributed by atoms with Gasteiger partial charge in [0.05, 0.1) is 0 Å². The molecule has 0 atom stereocenters. The van der Waals surface area contributed by atoms with Crippen LogP contribution in [-0.2, 0) is 19.9 Å². The predicted octanol–water partition coefficient (Wildman–Crippen LogP) is 2.45. The van der Waals surface area contributed by atoms with Gasteiger partial charge in [0, 0.05) is 11.1 Å². The topological polar surface area (TPSA) is 43.4 Å². The standard InChI is InChI=1S/C16H12O3/c17-14-11-15(18)19-16(14,12-7-3-1-4-8-12)13-9-5-2-6-10-13/h1-10H,11H2. The number of Topliss-reactive ketones (excluding diaryl/α,β-unsaturated/α-hetero) is 1. The van der Waals surface area contributed by atoms with Gasteiger partial charge in [-0.15, -0.1) is 0 Å². The first-order valence-corrected chi connectivity index (χ1v) is 6.09. The quantitative estimate of drug-likeness (QED) is 0.609. The minimum absolute atomic E-state index is 0.177. The zero-order chi connectivity index (χ0) is 13.3. The number of hydrogen-bond donors (Lipinski definition) is 0. The third kappa shape index (κ3) is 1.74. The maximum Gasteiger partial charge on any atom is 0.315 e. The third-order valence-electron chi connectivity index (χ3n) is 3.33. The third-order valence-corrected chi connectivity index (χ3v) is 3.33. The largest absolute Gasteiger partial charge is 0.441 e. The summed E-state index contributed by atoms with van der Waals surface area (Å²) in [5, 5.41) is 0. The maximum absolute atomic E-state index is 12.4. The second-order valence-electron chi connectivity index (χ2n) is 4.49. The van der Waals surface area contributed by atoms with Gasteiger partial charge in [-0.25, -0.2) is 0 Å². The number of carbonyl (C=O) groups excluding carboxylic acids is 2. The van der Waals surface area contributed by atoms with Crippen molar-refractivity contribution in [1.82, 2.24) is 0 Å². The van der Waals surface area contributed by atoms with Crippen molar-refractivity contribution in [3.63, 3.8) is 0 Å². The van der Waals surface area contributed by atoms with Gasteiger partial charge in [0.15, 0.2) is 5.78 Å². The van der Waals surface area contributed by atoms with Crippen LogP contribution >= 0.6 is 0 Å². The molecule has 1 fully saturated rings.